The number of aromatic nitrogens is 1. The quantitative estimate of drug-likeness (QED) is 0.314. The van der Waals surface area contributed by atoms with E-state index in [1.165, 1.54) is 5.56 Å². The van der Waals surface area contributed by atoms with Crippen molar-refractivity contribution in [3.63, 3.8) is 0 Å². The lowest BCUT2D eigenvalue weighted by Crippen LogP contribution is -2.40. The van der Waals surface area contributed by atoms with Crippen molar-refractivity contribution in [3.05, 3.63) is 93.2 Å². The maximum Gasteiger partial charge on any atom is 0.253 e. The summed E-state index contributed by atoms with van der Waals surface area (Å²) in [6, 6.07) is 15.7. The number of nitrogens with one attached hydrogen (secondary N) is 2. The van der Waals surface area contributed by atoms with E-state index in [-0.39, 0.29) is 5.56 Å². The Morgan fingerprint density at radius 1 is 1.03 bits per heavy atom. The molecule has 2 N–H and O–H groups in total. The molecule has 4 aromatic rings. The first-order valence-corrected chi connectivity index (χ1v) is 12.2. The Balaban J connectivity index is 1.50. The van der Waals surface area contributed by atoms with Crippen LogP contribution in [0.1, 0.15) is 28.0 Å². The number of pyridine rings is 1. The van der Waals surface area contributed by atoms with E-state index in [1.807, 2.05) is 54.3 Å². The number of aromatic amines is 1. The van der Waals surface area contributed by atoms with E-state index in [4.69, 9.17) is 26.1 Å². The summed E-state index contributed by atoms with van der Waals surface area (Å²) in [6.07, 6.45) is 2.37. The largest absolute Gasteiger partial charge is 0.493 e. The minimum atomic E-state index is -0.122. The summed E-state index contributed by atoms with van der Waals surface area (Å²) in [5.41, 5.74) is 4.77. The molecule has 0 radical (unpaired) electrons. The predicted molar refractivity (Wildman–Crippen MR) is 146 cm³/mol. The number of H-pyrrole nitrogens is 1. The molecule has 0 fully saturated rings. The maximum atomic E-state index is 12.9. The normalized spacial score (nSPS) is 10.9. The number of furan rings is 1. The Morgan fingerprint density at radius 2 is 1.81 bits per heavy atom. The number of nitrogens with zero attached hydrogens (tertiary/aromatic N) is 1. The van der Waals surface area contributed by atoms with E-state index in [0.717, 1.165) is 34.2 Å². The molecule has 2 heterocycles. The highest BCUT2D eigenvalue weighted by atomic mass is 32.1. The summed E-state index contributed by atoms with van der Waals surface area (Å²) in [5.74, 6) is 2.15. The smallest absolute Gasteiger partial charge is 0.253 e. The van der Waals surface area contributed by atoms with Gasteiger partial charge in [0.25, 0.3) is 5.56 Å². The van der Waals surface area contributed by atoms with Crippen molar-refractivity contribution in [1.29, 1.82) is 0 Å². The number of rotatable bonds is 9. The molecule has 0 bridgehead atoms. The second-order valence-corrected chi connectivity index (χ2v) is 9.14. The molecule has 7 nitrogen and oxygen atoms in total. The van der Waals surface area contributed by atoms with Crippen LogP contribution in [0.5, 0.6) is 11.5 Å². The summed E-state index contributed by atoms with van der Waals surface area (Å²) < 4.78 is 16.3. The van der Waals surface area contributed by atoms with Gasteiger partial charge in [-0.15, -0.1) is 0 Å². The number of thiocarbonyl (C=S) groups is 1. The monoisotopic (exact) mass is 505 g/mol. The average molecular weight is 506 g/mol. The maximum absolute atomic E-state index is 12.9. The molecule has 0 amide bonds. The van der Waals surface area contributed by atoms with Gasteiger partial charge in [-0.05, 0) is 97.0 Å². The number of hydrogen-bond donors (Lipinski definition) is 2. The van der Waals surface area contributed by atoms with Crippen LogP contribution in [0.15, 0.2) is 64.0 Å². The first-order valence-electron chi connectivity index (χ1n) is 11.8. The summed E-state index contributed by atoms with van der Waals surface area (Å²) in [4.78, 5) is 17.9. The van der Waals surface area contributed by atoms with Gasteiger partial charge in [0.2, 0.25) is 0 Å². The first kappa shape index (κ1) is 25.3. The second-order valence-electron chi connectivity index (χ2n) is 8.75. The highest BCUT2D eigenvalue weighted by Gasteiger charge is 2.16. The number of hydrogen-bond acceptors (Lipinski definition) is 5. The summed E-state index contributed by atoms with van der Waals surface area (Å²) in [5, 5.41) is 4.88. The molecule has 0 unspecified atom stereocenters. The van der Waals surface area contributed by atoms with Crippen molar-refractivity contribution >= 4 is 28.2 Å². The number of ether oxygens (including phenoxy) is 2. The highest BCUT2D eigenvalue weighted by molar-refractivity contribution is 7.80. The van der Waals surface area contributed by atoms with E-state index in [0.29, 0.717) is 41.8 Å². The molecular weight excluding hydrogens is 474 g/mol. The Labute approximate surface area is 216 Å². The fourth-order valence-electron chi connectivity index (χ4n) is 4.10. The predicted octanol–water partition coefficient (Wildman–Crippen LogP) is 4.87. The van der Waals surface area contributed by atoms with Crippen molar-refractivity contribution < 1.29 is 13.9 Å². The van der Waals surface area contributed by atoms with E-state index >= 15 is 0 Å². The lowest BCUT2D eigenvalue weighted by Gasteiger charge is -2.25. The molecule has 0 saturated heterocycles. The molecule has 188 valence electrons. The summed E-state index contributed by atoms with van der Waals surface area (Å²) >= 11 is 5.74. The third-order valence-electron chi connectivity index (χ3n) is 6.25. The number of benzene rings is 2. The van der Waals surface area contributed by atoms with Crippen LogP contribution >= 0.6 is 12.2 Å². The van der Waals surface area contributed by atoms with Crippen LogP contribution in [-0.2, 0) is 19.5 Å². The van der Waals surface area contributed by atoms with E-state index in [9.17, 15) is 4.79 Å². The molecule has 2 aromatic carbocycles. The number of fused-ring (bicyclic) bond motifs is 1. The number of methoxy groups -OCH3 is 2. The van der Waals surface area contributed by atoms with Gasteiger partial charge in [-0.1, -0.05) is 6.07 Å². The van der Waals surface area contributed by atoms with Crippen LogP contribution in [0.3, 0.4) is 0 Å². The second kappa shape index (κ2) is 11.3. The van der Waals surface area contributed by atoms with Crippen molar-refractivity contribution in [2.45, 2.75) is 33.4 Å². The minimum Gasteiger partial charge on any atom is -0.493 e. The van der Waals surface area contributed by atoms with Crippen LogP contribution in [0.25, 0.3) is 10.9 Å². The van der Waals surface area contributed by atoms with Crippen molar-refractivity contribution in [1.82, 2.24) is 15.2 Å². The zero-order valence-electron chi connectivity index (χ0n) is 21.0. The van der Waals surface area contributed by atoms with Crippen LogP contribution in [0.4, 0.5) is 0 Å². The van der Waals surface area contributed by atoms with Crippen molar-refractivity contribution in [2.75, 3.05) is 20.8 Å². The van der Waals surface area contributed by atoms with Gasteiger partial charge in [-0.25, -0.2) is 0 Å². The van der Waals surface area contributed by atoms with E-state index in [1.54, 1.807) is 20.5 Å². The SMILES string of the molecule is COc1ccc(CCNC(=S)N(Cc2ccco2)Cc2cc3cc(C)c(C)cc3[nH]c2=O)cc1OC. The van der Waals surface area contributed by atoms with Gasteiger partial charge in [0, 0.05) is 17.6 Å². The fourth-order valence-corrected chi connectivity index (χ4v) is 4.33. The Hall–Kier alpha value is -3.78. The zero-order chi connectivity index (χ0) is 25.7. The average Bonchev–Trinajstić information content (AvgIpc) is 3.38. The van der Waals surface area contributed by atoms with Gasteiger partial charge in [0.1, 0.15) is 5.76 Å². The molecular formula is C28H31N3O4S. The minimum absolute atomic E-state index is 0.122. The van der Waals surface area contributed by atoms with Gasteiger partial charge < -0.3 is 29.1 Å². The molecule has 2 aromatic heterocycles. The van der Waals surface area contributed by atoms with E-state index in [2.05, 4.69) is 23.3 Å². The molecule has 0 aliphatic rings. The molecule has 0 atom stereocenters. The Kier molecular flexibility index (Phi) is 7.95. The van der Waals surface area contributed by atoms with Crippen molar-refractivity contribution in [2.24, 2.45) is 0 Å². The van der Waals surface area contributed by atoms with Gasteiger partial charge in [0.15, 0.2) is 16.6 Å². The van der Waals surface area contributed by atoms with Gasteiger partial charge >= 0.3 is 0 Å². The third-order valence-corrected chi connectivity index (χ3v) is 6.65. The summed E-state index contributed by atoms with van der Waals surface area (Å²) in [7, 11) is 3.24. The Bertz CT molecular complexity index is 1410. The van der Waals surface area contributed by atoms with Crippen LogP contribution in [-0.4, -0.2) is 35.8 Å². The standard InChI is InChI=1S/C28H31N3O4S/c1-18-12-21-15-22(27(32)30-24(21)13-19(18)2)16-31(17-23-6-5-11-35-23)28(36)29-10-9-20-7-8-25(33-3)26(14-20)34-4/h5-8,11-15H,9-10,16-17H2,1-4H3,(H,29,36)(H,30,32). The highest BCUT2D eigenvalue weighted by Crippen LogP contribution is 2.27. The van der Waals surface area contributed by atoms with Gasteiger partial charge in [-0.3, -0.25) is 4.79 Å². The molecule has 0 spiro atoms. The molecule has 0 aliphatic heterocycles. The zero-order valence-corrected chi connectivity index (χ0v) is 21.8. The fraction of sp³-hybridized carbons (Fsp3) is 0.286. The molecule has 4 rings (SSSR count). The third kappa shape index (κ3) is 5.88. The van der Waals surface area contributed by atoms with E-state index < -0.39 is 0 Å². The number of aryl methyl sites for hydroxylation is 2. The molecule has 0 aliphatic carbocycles. The molecule has 36 heavy (non-hydrogen) atoms. The van der Waals surface area contributed by atoms with Crippen LogP contribution in [0, 0.1) is 13.8 Å². The molecule has 8 heteroatoms. The molecule has 0 saturated carbocycles. The van der Waals surface area contributed by atoms with Gasteiger partial charge in [0.05, 0.1) is 33.6 Å². The lowest BCUT2D eigenvalue weighted by molar-refractivity contribution is 0.350. The van der Waals surface area contributed by atoms with Crippen LogP contribution < -0.4 is 20.3 Å². The topological polar surface area (TPSA) is 79.7 Å². The Morgan fingerprint density at radius 3 is 2.53 bits per heavy atom. The van der Waals surface area contributed by atoms with Crippen molar-refractivity contribution in [3.8, 4) is 11.5 Å². The van der Waals surface area contributed by atoms with Crippen LogP contribution in [0.2, 0.25) is 0 Å². The summed E-state index contributed by atoms with van der Waals surface area (Å²) in [6.45, 7) is 5.52. The lowest BCUT2D eigenvalue weighted by atomic mass is 10.0. The first-order chi connectivity index (χ1) is 17.4. The van der Waals surface area contributed by atoms with Gasteiger partial charge in [-0.2, -0.15) is 0 Å².